The van der Waals surface area contributed by atoms with Gasteiger partial charge >= 0.3 is 6.36 Å². The van der Waals surface area contributed by atoms with E-state index in [-0.39, 0.29) is 18.2 Å². The molecule has 0 heterocycles. The fourth-order valence-electron chi connectivity index (χ4n) is 0.927. The van der Waals surface area contributed by atoms with Crippen molar-refractivity contribution >= 4 is 12.4 Å². The monoisotopic (exact) mass is 242 g/mol. The van der Waals surface area contributed by atoms with E-state index in [1.165, 1.54) is 24.3 Å². The summed E-state index contributed by atoms with van der Waals surface area (Å²) in [4.78, 5) is 0. The summed E-state index contributed by atoms with van der Waals surface area (Å²) in [6, 6.07) is 5.47. The number of halogens is 4. The van der Waals surface area contributed by atoms with Gasteiger partial charge in [-0.2, -0.15) is 0 Å². The minimum Gasteiger partial charge on any atom is -0.406 e. The number of nitrogens with one attached hydrogen (secondary N) is 1. The van der Waals surface area contributed by atoms with Gasteiger partial charge in [0.2, 0.25) is 0 Å². The third-order valence-corrected chi connectivity index (χ3v) is 1.46. The molecule has 3 N–H and O–H groups in total. The molecule has 0 atom stereocenters. The average molecular weight is 243 g/mol. The first kappa shape index (κ1) is 14.0. The van der Waals surface area contributed by atoms with Gasteiger partial charge in [0.25, 0.3) is 0 Å². The first-order valence-corrected chi connectivity index (χ1v) is 3.79. The number of hydrazine groups is 1. The Morgan fingerprint density at radius 2 is 1.73 bits per heavy atom. The van der Waals surface area contributed by atoms with Crippen LogP contribution in [0.2, 0.25) is 0 Å². The van der Waals surface area contributed by atoms with Gasteiger partial charge in [-0.1, -0.05) is 12.1 Å². The zero-order valence-corrected chi connectivity index (χ0v) is 8.36. The molecule has 0 amide bonds. The predicted octanol–water partition coefficient (Wildman–Crippen LogP) is 1.97. The van der Waals surface area contributed by atoms with Crippen LogP contribution >= 0.6 is 12.4 Å². The molecule has 0 saturated heterocycles. The van der Waals surface area contributed by atoms with Gasteiger partial charge in [0.05, 0.1) is 0 Å². The summed E-state index contributed by atoms with van der Waals surface area (Å²) in [6.07, 6.45) is -4.65. The lowest BCUT2D eigenvalue weighted by molar-refractivity contribution is -0.274. The van der Waals surface area contributed by atoms with Gasteiger partial charge in [-0.15, -0.1) is 25.6 Å². The number of hydrogen-bond acceptors (Lipinski definition) is 3. The molecule has 0 unspecified atom stereocenters. The zero-order chi connectivity index (χ0) is 10.6. The van der Waals surface area contributed by atoms with Crippen molar-refractivity contribution in [3.8, 4) is 5.75 Å². The molecule has 3 nitrogen and oxygen atoms in total. The van der Waals surface area contributed by atoms with Gasteiger partial charge in [0, 0.05) is 6.54 Å². The van der Waals surface area contributed by atoms with Crippen molar-refractivity contribution in [1.29, 1.82) is 0 Å². The van der Waals surface area contributed by atoms with Crippen molar-refractivity contribution in [2.45, 2.75) is 12.9 Å². The molecular formula is C8H10ClF3N2O. The molecule has 7 heteroatoms. The van der Waals surface area contributed by atoms with Crippen LogP contribution in [0.4, 0.5) is 13.2 Å². The number of benzene rings is 1. The van der Waals surface area contributed by atoms with Crippen LogP contribution in [0.15, 0.2) is 24.3 Å². The number of ether oxygens (including phenoxy) is 1. The molecule has 1 aromatic carbocycles. The molecule has 1 aromatic rings. The summed E-state index contributed by atoms with van der Waals surface area (Å²) < 4.78 is 38.9. The van der Waals surface area contributed by atoms with Crippen LogP contribution in [0.25, 0.3) is 0 Å². The summed E-state index contributed by atoms with van der Waals surface area (Å²) in [6.45, 7) is 0.395. The van der Waals surface area contributed by atoms with E-state index in [9.17, 15) is 13.2 Å². The van der Waals surface area contributed by atoms with Crippen molar-refractivity contribution in [3.63, 3.8) is 0 Å². The van der Waals surface area contributed by atoms with E-state index in [2.05, 4.69) is 10.2 Å². The normalized spacial score (nSPS) is 10.7. The highest BCUT2D eigenvalue weighted by molar-refractivity contribution is 5.85. The molecule has 0 aliphatic rings. The Kier molecular flexibility index (Phi) is 5.41. The molecule has 0 bridgehead atoms. The average Bonchev–Trinajstić information content (AvgIpc) is 2.06. The second kappa shape index (κ2) is 5.79. The van der Waals surface area contributed by atoms with E-state index < -0.39 is 6.36 Å². The Morgan fingerprint density at radius 1 is 1.20 bits per heavy atom. The maximum atomic E-state index is 11.7. The van der Waals surface area contributed by atoms with Gasteiger partial charge in [-0.25, -0.2) is 0 Å². The van der Waals surface area contributed by atoms with Crippen molar-refractivity contribution in [2.24, 2.45) is 5.84 Å². The molecule has 0 radical (unpaired) electrons. The van der Waals surface area contributed by atoms with Crippen molar-refractivity contribution in [3.05, 3.63) is 29.8 Å². The van der Waals surface area contributed by atoms with Crippen molar-refractivity contribution in [1.82, 2.24) is 5.43 Å². The van der Waals surface area contributed by atoms with E-state index in [0.717, 1.165) is 5.56 Å². The lowest BCUT2D eigenvalue weighted by atomic mass is 10.2. The molecular weight excluding hydrogens is 233 g/mol. The smallest absolute Gasteiger partial charge is 0.406 e. The summed E-state index contributed by atoms with van der Waals surface area (Å²) >= 11 is 0. The minimum atomic E-state index is -4.65. The van der Waals surface area contributed by atoms with Crippen molar-refractivity contribution < 1.29 is 17.9 Å². The lowest BCUT2D eigenvalue weighted by Gasteiger charge is -2.08. The largest absolute Gasteiger partial charge is 0.573 e. The Morgan fingerprint density at radius 3 is 2.13 bits per heavy atom. The highest BCUT2D eigenvalue weighted by Crippen LogP contribution is 2.22. The minimum absolute atomic E-state index is 0. The van der Waals surface area contributed by atoms with E-state index in [0.29, 0.717) is 6.54 Å². The second-order valence-electron chi connectivity index (χ2n) is 2.57. The molecule has 1 rings (SSSR count). The predicted molar refractivity (Wildman–Crippen MR) is 51.4 cm³/mol. The second-order valence-corrected chi connectivity index (χ2v) is 2.57. The topological polar surface area (TPSA) is 47.3 Å². The highest BCUT2D eigenvalue weighted by Gasteiger charge is 2.30. The maximum absolute atomic E-state index is 11.7. The van der Waals surface area contributed by atoms with E-state index in [1.807, 2.05) is 0 Å². The number of hydrogen-bond donors (Lipinski definition) is 2. The molecule has 15 heavy (non-hydrogen) atoms. The zero-order valence-electron chi connectivity index (χ0n) is 7.54. The highest BCUT2D eigenvalue weighted by atomic mass is 35.5. The standard InChI is InChI=1S/C8H9F3N2O.ClH/c9-8(10,11)14-7-3-1-6(2-4-7)5-13-12;/h1-4,13H,5,12H2;1H. The Balaban J connectivity index is 0.00000196. The molecule has 0 saturated carbocycles. The third-order valence-electron chi connectivity index (χ3n) is 1.46. The fourth-order valence-corrected chi connectivity index (χ4v) is 0.927. The molecule has 0 aromatic heterocycles. The van der Waals surface area contributed by atoms with Gasteiger partial charge < -0.3 is 4.74 Å². The van der Waals surface area contributed by atoms with Crippen LogP contribution in [0.3, 0.4) is 0 Å². The molecule has 0 aliphatic heterocycles. The third kappa shape index (κ3) is 5.46. The molecule has 86 valence electrons. The maximum Gasteiger partial charge on any atom is 0.573 e. The van der Waals surface area contributed by atoms with Crippen LogP contribution in [-0.4, -0.2) is 6.36 Å². The molecule has 0 spiro atoms. The summed E-state index contributed by atoms with van der Waals surface area (Å²) in [5.41, 5.74) is 3.17. The van der Waals surface area contributed by atoms with Gasteiger partial charge in [-0.05, 0) is 17.7 Å². The summed E-state index contributed by atoms with van der Waals surface area (Å²) in [5.74, 6) is 4.80. The van der Waals surface area contributed by atoms with E-state index in [4.69, 9.17) is 5.84 Å². The first-order chi connectivity index (χ1) is 6.51. The van der Waals surface area contributed by atoms with Gasteiger partial charge in [0.1, 0.15) is 5.75 Å². The van der Waals surface area contributed by atoms with Crippen LogP contribution < -0.4 is 16.0 Å². The van der Waals surface area contributed by atoms with E-state index in [1.54, 1.807) is 0 Å². The van der Waals surface area contributed by atoms with Crippen molar-refractivity contribution in [2.75, 3.05) is 0 Å². The summed E-state index contributed by atoms with van der Waals surface area (Å²) in [7, 11) is 0. The number of nitrogens with two attached hydrogens (primary N) is 1. The van der Waals surface area contributed by atoms with Crippen LogP contribution in [-0.2, 0) is 6.54 Å². The molecule has 0 aliphatic carbocycles. The number of rotatable bonds is 3. The Hall–Kier alpha value is -0.980. The van der Waals surface area contributed by atoms with Crippen LogP contribution in [0.1, 0.15) is 5.56 Å². The lowest BCUT2D eigenvalue weighted by Crippen LogP contribution is -2.21. The summed E-state index contributed by atoms with van der Waals surface area (Å²) in [5, 5.41) is 0. The molecule has 0 fully saturated rings. The van der Waals surface area contributed by atoms with Gasteiger partial charge in [-0.3, -0.25) is 11.3 Å². The quantitative estimate of drug-likeness (QED) is 0.629. The van der Waals surface area contributed by atoms with Crippen LogP contribution in [0.5, 0.6) is 5.75 Å². The Labute approximate surface area is 90.8 Å². The number of alkyl halides is 3. The van der Waals surface area contributed by atoms with Gasteiger partial charge in [0.15, 0.2) is 0 Å². The SMILES string of the molecule is Cl.NNCc1ccc(OC(F)(F)F)cc1. The Bertz CT molecular complexity index is 289. The van der Waals surface area contributed by atoms with Crippen LogP contribution in [0, 0.1) is 0 Å². The fraction of sp³-hybridized carbons (Fsp3) is 0.250. The first-order valence-electron chi connectivity index (χ1n) is 3.79. The van der Waals surface area contributed by atoms with E-state index >= 15 is 0 Å².